The molecule has 1 aromatic heterocycles. The molecular formula is C54H37N3. The minimum atomic E-state index is -0.199. The lowest BCUT2D eigenvalue weighted by Crippen LogP contribution is -2.15. The number of fused-ring (bicyclic) bond motifs is 7. The monoisotopic (exact) mass is 727 g/mol. The molecule has 0 saturated heterocycles. The fourth-order valence-electron chi connectivity index (χ4n) is 8.98. The summed E-state index contributed by atoms with van der Waals surface area (Å²) in [6, 6.07) is 67.4. The van der Waals surface area contributed by atoms with Crippen molar-refractivity contribution in [1.82, 2.24) is 15.0 Å². The van der Waals surface area contributed by atoms with Gasteiger partial charge in [-0.3, -0.25) is 0 Å². The van der Waals surface area contributed by atoms with Gasteiger partial charge < -0.3 is 0 Å². The quantitative estimate of drug-likeness (QED) is 0.177. The van der Waals surface area contributed by atoms with E-state index in [1.807, 2.05) is 18.2 Å². The molecule has 268 valence electrons. The summed E-state index contributed by atoms with van der Waals surface area (Å²) in [5.41, 5.74) is 12.7. The topological polar surface area (TPSA) is 38.7 Å². The maximum Gasteiger partial charge on any atom is 0.164 e. The number of aromatic nitrogens is 3. The Hall–Kier alpha value is -7.23. The highest BCUT2D eigenvalue weighted by Gasteiger charge is 2.37. The van der Waals surface area contributed by atoms with Crippen LogP contribution < -0.4 is 0 Å². The molecule has 57 heavy (non-hydrogen) atoms. The van der Waals surface area contributed by atoms with Crippen molar-refractivity contribution in [3.63, 3.8) is 0 Å². The van der Waals surface area contributed by atoms with Gasteiger partial charge in [0.05, 0.1) is 0 Å². The van der Waals surface area contributed by atoms with Gasteiger partial charge in [0.1, 0.15) is 0 Å². The van der Waals surface area contributed by atoms with Gasteiger partial charge in [-0.1, -0.05) is 172 Å². The maximum absolute atomic E-state index is 5.33. The SMILES string of the molecule is CC1(C)c2ccccc2-c2cc(-c3nc(-c4ccccc4)nc(-c4ccc5cc(-c6ccccc6)ccc5c4)n3)c3ccc(-c4ccc5ccccc5c4)cc3c21. The zero-order valence-corrected chi connectivity index (χ0v) is 31.7. The molecule has 0 radical (unpaired) electrons. The van der Waals surface area contributed by atoms with Crippen LogP contribution in [0.4, 0.5) is 0 Å². The van der Waals surface area contributed by atoms with E-state index in [4.69, 9.17) is 15.0 Å². The lowest BCUT2D eigenvalue weighted by atomic mass is 9.79. The highest BCUT2D eigenvalue weighted by molar-refractivity contribution is 6.07. The molecule has 0 N–H and O–H groups in total. The fraction of sp³-hybridized carbons (Fsp3) is 0.0556. The van der Waals surface area contributed by atoms with Gasteiger partial charge in [0.15, 0.2) is 17.5 Å². The number of hydrogen-bond acceptors (Lipinski definition) is 3. The third-order valence-electron chi connectivity index (χ3n) is 11.8. The molecule has 11 rings (SSSR count). The molecule has 0 fully saturated rings. The third-order valence-corrected chi connectivity index (χ3v) is 11.8. The van der Waals surface area contributed by atoms with E-state index in [0.29, 0.717) is 17.5 Å². The second kappa shape index (κ2) is 12.9. The maximum atomic E-state index is 5.33. The van der Waals surface area contributed by atoms with E-state index in [1.165, 1.54) is 66.1 Å². The van der Waals surface area contributed by atoms with Crippen molar-refractivity contribution in [3.05, 3.63) is 199 Å². The van der Waals surface area contributed by atoms with Crippen LogP contribution in [0.15, 0.2) is 188 Å². The summed E-state index contributed by atoms with van der Waals surface area (Å²) in [7, 11) is 0. The van der Waals surface area contributed by atoms with Crippen molar-refractivity contribution >= 4 is 32.3 Å². The van der Waals surface area contributed by atoms with Crippen LogP contribution in [0.1, 0.15) is 25.0 Å². The largest absolute Gasteiger partial charge is 0.208 e. The Labute approximate surface area is 332 Å². The summed E-state index contributed by atoms with van der Waals surface area (Å²) >= 11 is 0. The summed E-state index contributed by atoms with van der Waals surface area (Å²) in [6.45, 7) is 4.72. The Morgan fingerprint density at radius 3 is 1.58 bits per heavy atom. The van der Waals surface area contributed by atoms with E-state index in [2.05, 4.69) is 184 Å². The molecule has 0 amide bonds. The minimum absolute atomic E-state index is 0.199. The summed E-state index contributed by atoms with van der Waals surface area (Å²) in [5, 5.41) is 7.13. The molecular weight excluding hydrogens is 691 g/mol. The van der Waals surface area contributed by atoms with Crippen molar-refractivity contribution in [2.24, 2.45) is 0 Å². The molecule has 1 aliphatic rings. The Kier molecular flexibility index (Phi) is 7.52. The highest BCUT2D eigenvalue weighted by atomic mass is 15.0. The normalized spacial score (nSPS) is 12.9. The van der Waals surface area contributed by atoms with Crippen LogP contribution in [0.25, 0.3) is 99.9 Å². The van der Waals surface area contributed by atoms with E-state index in [0.717, 1.165) is 27.5 Å². The zero-order chi connectivity index (χ0) is 38.1. The van der Waals surface area contributed by atoms with Gasteiger partial charge in [-0.25, -0.2) is 15.0 Å². The predicted octanol–water partition coefficient (Wildman–Crippen LogP) is 14.0. The average Bonchev–Trinajstić information content (AvgIpc) is 3.51. The first kappa shape index (κ1) is 33.1. The van der Waals surface area contributed by atoms with E-state index in [9.17, 15) is 0 Å². The molecule has 3 heteroatoms. The fourth-order valence-corrected chi connectivity index (χ4v) is 8.98. The van der Waals surface area contributed by atoms with Crippen molar-refractivity contribution < 1.29 is 0 Å². The summed E-state index contributed by atoms with van der Waals surface area (Å²) in [4.78, 5) is 15.7. The molecule has 0 saturated carbocycles. The Balaban J connectivity index is 1.13. The van der Waals surface area contributed by atoms with Crippen LogP contribution in [-0.4, -0.2) is 15.0 Å². The second-order valence-electron chi connectivity index (χ2n) is 15.7. The third kappa shape index (κ3) is 5.54. The molecule has 0 spiro atoms. The molecule has 1 heterocycles. The van der Waals surface area contributed by atoms with E-state index < -0.39 is 0 Å². The molecule has 1 aliphatic carbocycles. The predicted molar refractivity (Wildman–Crippen MR) is 237 cm³/mol. The first-order chi connectivity index (χ1) is 28.0. The first-order valence-electron chi connectivity index (χ1n) is 19.6. The Bertz CT molecular complexity index is 3200. The molecule has 3 nitrogen and oxygen atoms in total. The van der Waals surface area contributed by atoms with Crippen molar-refractivity contribution in [3.8, 4) is 67.5 Å². The van der Waals surface area contributed by atoms with Gasteiger partial charge in [0, 0.05) is 22.1 Å². The number of rotatable bonds is 5. The van der Waals surface area contributed by atoms with Gasteiger partial charge in [-0.15, -0.1) is 0 Å². The summed E-state index contributed by atoms with van der Waals surface area (Å²) in [5.74, 6) is 1.96. The van der Waals surface area contributed by atoms with Gasteiger partial charge in [0.25, 0.3) is 0 Å². The van der Waals surface area contributed by atoms with Gasteiger partial charge in [0.2, 0.25) is 0 Å². The van der Waals surface area contributed by atoms with E-state index in [1.54, 1.807) is 0 Å². The molecule has 10 aromatic rings. The summed E-state index contributed by atoms with van der Waals surface area (Å²) < 4.78 is 0. The smallest absolute Gasteiger partial charge is 0.164 e. The minimum Gasteiger partial charge on any atom is -0.208 e. The van der Waals surface area contributed by atoms with E-state index >= 15 is 0 Å². The van der Waals surface area contributed by atoms with E-state index in [-0.39, 0.29) is 5.41 Å². The van der Waals surface area contributed by atoms with Crippen molar-refractivity contribution in [2.75, 3.05) is 0 Å². The number of benzene rings is 9. The van der Waals surface area contributed by atoms with Gasteiger partial charge in [-0.05, 0) is 107 Å². The lowest BCUT2D eigenvalue weighted by molar-refractivity contribution is 0.666. The number of hydrogen-bond donors (Lipinski definition) is 0. The van der Waals surface area contributed by atoms with Crippen LogP contribution in [0.3, 0.4) is 0 Å². The average molecular weight is 728 g/mol. The van der Waals surface area contributed by atoms with Gasteiger partial charge >= 0.3 is 0 Å². The molecule has 0 atom stereocenters. The highest BCUT2D eigenvalue weighted by Crippen LogP contribution is 2.53. The standard InChI is InChI=1S/C54H37N3/c1-54(2)49-20-12-11-19-45(49)47-33-48(44-28-27-42(32-46(44)50(47)54)40-22-21-35-15-9-10-18-37(35)29-40)53-56-51(36-16-7-4-8-17-36)55-52(57-53)43-26-25-39-30-38(23-24-41(39)31-43)34-13-5-3-6-14-34/h3-33H,1-2H3. The second-order valence-corrected chi connectivity index (χ2v) is 15.7. The van der Waals surface area contributed by atoms with Crippen LogP contribution in [-0.2, 0) is 5.41 Å². The van der Waals surface area contributed by atoms with Crippen LogP contribution >= 0.6 is 0 Å². The summed E-state index contributed by atoms with van der Waals surface area (Å²) in [6.07, 6.45) is 0. The van der Waals surface area contributed by atoms with Crippen LogP contribution in [0, 0.1) is 0 Å². The first-order valence-corrected chi connectivity index (χ1v) is 19.6. The lowest BCUT2D eigenvalue weighted by Gasteiger charge is -2.24. The Morgan fingerprint density at radius 2 is 0.825 bits per heavy atom. The zero-order valence-electron chi connectivity index (χ0n) is 31.7. The van der Waals surface area contributed by atoms with Crippen molar-refractivity contribution in [1.29, 1.82) is 0 Å². The van der Waals surface area contributed by atoms with Crippen molar-refractivity contribution in [2.45, 2.75) is 19.3 Å². The Morgan fingerprint density at radius 1 is 0.316 bits per heavy atom. The molecule has 0 unspecified atom stereocenters. The van der Waals surface area contributed by atoms with Crippen LogP contribution in [0.5, 0.6) is 0 Å². The van der Waals surface area contributed by atoms with Crippen LogP contribution in [0.2, 0.25) is 0 Å². The van der Waals surface area contributed by atoms with Gasteiger partial charge in [-0.2, -0.15) is 0 Å². The molecule has 9 aromatic carbocycles. The molecule has 0 aliphatic heterocycles. The number of nitrogens with zero attached hydrogens (tertiary/aromatic N) is 3. The molecule has 0 bridgehead atoms.